The first-order valence-corrected chi connectivity index (χ1v) is 9.04. The van der Waals surface area contributed by atoms with Crippen LogP contribution in [0, 0.1) is 10.1 Å². The summed E-state index contributed by atoms with van der Waals surface area (Å²) in [6.07, 6.45) is -1.13. The quantitative estimate of drug-likeness (QED) is 0.0807. The monoisotopic (exact) mass is 388 g/mol. The molecule has 0 atom stereocenters. The molecule has 1 rings (SSSR count). The van der Waals surface area contributed by atoms with E-state index in [2.05, 4.69) is 14.8 Å². The van der Waals surface area contributed by atoms with Gasteiger partial charge in [0.1, 0.15) is 12.4 Å². The van der Waals surface area contributed by atoms with E-state index in [1.54, 1.807) is 0 Å². The van der Waals surface area contributed by atoms with Crippen LogP contribution < -0.4 is 4.74 Å². The molecule has 0 saturated carbocycles. The first-order chi connectivity index (χ1) is 12.3. The SMILES string of the molecule is [N-]=[N+]=NCCOCCS(=O)(=O)CCOC(=O)Oc1ccc([N+](=O)[O-])cc1. The molecule has 0 radical (unpaired) electrons. The van der Waals surface area contributed by atoms with Gasteiger partial charge in [0, 0.05) is 23.6 Å². The summed E-state index contributed by atoms with van der Waals surface area (Å²) in [6.45, 7) is -0.269. The van der Waals surface area contributed by atoms with Gasteiger partial charge in [0.25, 0.3) is 5.69 Å². The number of rotatable bonds is 11. The van der Waals surface area contributed by atoms with Gasteiger partial charge >= 0.3 is 6.16 Å². The summed E-state index contributed by atoms with van der Waals surface area (Å²) < 4.78 is 37.8. The number of non-ortho nitro benzene ring substituents is 1. The van der Waals surface area contributed by atoms with E-state index in [4.69, 9.17) is 15.0 Å². The van der Waals surface area contributed by atoms with E-state index in [0.29, 0.717) is 0 Å². The maximum absolute atomic E-state index is 11.7. The van der Waals surface area contributed by atoms with Crippen LogP contribution in [0.25, 0.3) is 10.4 Å². The maximum Gasteiger partial charge on any atom is 0.513 e. The molecule has 1 aromatic rings. The van der Waals surface area contributed by atoms with Crippen molar-refractivity contribution in [2.75, 3.05) is 37.9 Å². The minimum Gasteiger partial charge on any atom is -0.433 e. The summed E-state index contributed by atoms with van der Waals surface area (Å²) >= 11 is 0. The molecule has 0 N–H and O–H groups in total. The average molecular weight is 388 g/mol. The predicted octanol–water partition coefficient (Wildman–Crippen LogP) is 1.85. The lowest BCUT2D eigenvalue weighted by Crippen LogP contribution is -2.22. The van der Waals surface area contributed by atoms with Gasteiger partial charge in [-0.05, 0) is 17.7 Å². The van der Waals surface area contributed by atoms with Crippen molar-refractivity contribution in [1.82, 2.24) is 0 Å². The van der Waals surface area contributed by atoms with Crippen LogP contribution >= 0.6 is 0 Å². The third-order valence-electron chi connectivity index (χ3n) is 2.80. The molecule has 0 aromatic heterocycles. The average Bonchev–Trinajstić information content (AvgIpc) is 2.58. The van der Waals surface area contributed by atoms with Gasteiger partial charge in [-0.25, -0.2) is 13.2 Å². The zero-order valence-corrected chi connectivity index (χ0v) is 14.3. The molecule has 0 bridgehead atoms. The zero-order chi connectivity index (χ0) is 19.4. The van der Waals surface area contributed by atoms with Gasteiger partial charge in [0.05, 0.1) is 29.6 Å². The Hall–Kier alpha value is -2.89. The third-order valence-corrected chi connectivity index (χ3v) is 4.38. The molecule has 0 aliphatic heterocycles. The molecule has 26 heavy (non-hydrogen) atoms. The van der Waals surface area contributed by atoms with Crippen molar-refractivity contribution in [3.63, 3.8) is 0 Å². The molecule has 1 aromatic carbocycles. The van der Waals surface area contributed by atoms with E-state index >= 15 is 0 Å². The van der Waals surface area contributed by atoms with Gasteiger partial charge in [-0.2, -0.15) is 0 Å². The summed E-state index contributed by atoms with van der Waals surface area (Å²) in [4.78, 5) is 23.9. The Morgan fingerprint density at radius 3 is 2.46 bits per heavy atom. The van der Waals surface area contributed by atoms with Gasteiger partial charge < -0.3 is 14.2 Å². The molecule has 0 aliphatic rings. The molecule has 142 valence electrons. The smallest absolute Gasteiger partial charge is 0.433 e. The van der Waals surface area contributed by atoms with E-state index in [1.807, 2.05) is 0 Å². The van der Waals surface area contributed by atoms with Crippen molar-refractivity contribution < 1.29 is 32.3 Å². The van der Waals surface area contributed by atoms with Crippen LogP contribution in [0.4, 0.5) is 10.5 Å². The number of hydrogen-bond acceptors (Lipinski definition) is 9. The van der Waals surface area contributed by atoms with Crippen molar-refractivity contribution in [3.8, 4) is 5.75 Å². The second-order valence-corrected chi connectivity index (χ2v) is 6.97. The van der Waals surface area contributed by atoms with Crippen molar-refractivity contribution in [2.24, 2.45) is 5.11 Å². The number of azide groups is 1. The largest absolute Gasteiger partial charge is 0.513 e. The van der Waals surface area contributed by atoms with Gasteiger partial charge in [0.2, 0.25) is 0 Å². The minimum absolute atomic E-state index is 0.0249. The van der Waals surface area contributed by atoms with Gasteiger partial charge in [-0.15, -0.1) is 0 Å². The first kappa shape index (κ1) is 21.2. The summed E-state index contributed by atoms with van der Waals surface area (Å²) in [5, 5.41) is 13.7. The molecule has 0 amide bonds. The number of nitro groups is 1. The van der Waals surface area contributed by atoms with Crippen LogP contribution in [-0.2, 0) is 19.3 Å². The Balaban J connectivity index is 2.27. The number of sulfone groups is 1. The number of nitro benzene ring substituents is 1. The van der Waals surface area contributed by atoms with Crippen LogP contribution in [0.2, 0.25) is 0 Å². The normalized spacial score (nSPS) is 10.6. The van der Waals surface area contributed by atoms with Crippen molar-refractivity contribution in [2.45, 2.75) is 0 Å². The Morgan fingerprint density at radius 1 is 1.19 bits per heavy atom. The van der Waals surface area contributed by atoms with Crippen molar-refractivity contribution in [1.29, 1.82) is 0 Å². The highest BCUT2D eigenvalue weighted by Gasteiger charge is 2.14. The topological polar surface area (TPSA) is 171 Å². The van der Waals surface area contributed by atoms with Crippen molar-refractivity contribution >= 4 is 21.7 Å². The van der Waals surface area contributed by atoms with E-state index in [1.165, 1.54) is 12.1 Å². The standard InChI is InChI=1S/C13H16N4O8S/c14-16-15-5-6-23-7-9-26(21,22)10-8-24-13(18)25-12-3-1-11(2-4-12)17(19)20/h1-4H,5-10H2. The molecule has 13 heteroatoms. The van der Waals surface area contributed by atoms with E-state index in [9.17, 15) is 23.3 Å². The Kier molecular flexibility index (Phi) is 8.84. The summed E-state index contributed by atoms with van der Waals surface area (Å²) in [7, 11) is -3.49. The Bertz CT molecular complexity index is 759. The van der Waals surface area contributed by atoms with Gasteiger partial charge in [0.15, 0.2) is 9.84 Å². The lowest BCUT2D eigenvalue weighted by molar-refractivity contribution is -0.384. The fourth-order valence-electron chi connectivity index (χ4n) is 1.55. The van der Waals surface area contributed by atoms with E-state index in [-0.39, 0.29) is 36.9 Å². The summed E-state index contributed by atoms with van der Waals surface area (Å²) in [5.41, 5.74) is 7.88. The lowest BCUT2D eigenvalue weighted by atomic mass is 10.3. The second-order valence-electron chi connectivity index (χ2n) is 4.67. The van der Waals surface area contributed by atoms with Gasteiger partial charge in [-0.3, -0.25) is 10.1 Å². The molecule has 0 saturated heterocycles. The highest BCUT2D eigenvalue weighted by Crippen LogP contribution is 2.17. The number of carbonyl (C=O) groups excluding carboxylic acids is 1. The summed E-state index contributed by atoms with van der Waals surface area (Å²) in [5.74, 6) is -0.664. The highest BCUT2D eigenvalue weighted by molar-refractivity contribution is 7.91. The highest BCUT2D eigenvalue weighted by atomic mass is 32.2. The maximum atomic E-state index is 11.7. The van der Waals surface area contributed by atoms with Crippen molar-refractivity contribution in [3.05, 3.63) is 44.8 Å². The number of benzene rings is 1. The fourth-order valence-corrected chi connectivity index (χ4v) is 2.47. The predicted molar refractivity (Wildman–Crippen MR) is 88.6 cm³/mol. The summed E-state index contributed by atoms with van der Waals surface area (Å²) in [6, 6.07) is 4.72. The number of ether oxygens (including phenoxy) is 3. The third kappa shape index (κ3) is 8.82. The second kappa shape index (κ2) is 10.9. The fraction of sp³-hybridized carbons (Fsp3) is 0.462. The lowest BCUT2D eigenvalue weighted by Gasteiger charge is -2.07. The molecule has 12 nitrogen and oxygen atoms in total. The molecule has 0 fully saturated rings. The van der Waals surface area contributed by atoms with Crippen LogP contribution in [0.3, 0.4) is 0 Å². The first-order valence-electron chi connectivity index (χ1n) is 7.22. The molecule has 0 spiro atoms. The van der Waals surface area contributed by atoms with Crippen LogP contribution in [-0.4, -0.2) is 57.4 Å². The molecular weight excluding hydrogens is 372 g/mol. The van der Waals surface area contributed by atoms with E-state index in [0.717, 1.165) is 12.1 Å². The van der Waals surface area contributed by atoms with Crippen LogP contribution in [0.1, 0.15) is 0 Å². The van der Waals surface area contributed by atoms with Crippen LogP contribution in [0.15, 0.2) is 29.4 Å². The molecule has 0 unspecified atom stereocenters. The molecule has 0 heterocycles. The number of carbonyl (C=O) groups is 1. The molecule has 0 aliphatic carbocycles. The minimum atomic E-state index is -3.49. The van der Waals surface area contributed by atoms with Gasteiger partial charge in [-0.1, -0.05) is 5.11 Å². The zero-order valence-electron chi connectivity index (χ0n) is 13.5. The number of hydrogen-bond donors (Lipinski definition) is 0. The van der Waals surface area contributed by atoms with Crippen LogP contribution in [0.5, 0.6) is 5.75 Å². The Morgan fingerprint density at radius 2 is 1.85 bits per heavy atom. The molecular formula is C13H16N4O8S. The van der Waals surface area contributed by atoms with E-state index < -0.39 is 33.3 Å². The Labute approximate surface area is 148 Å². The number of nitrogens with zero attached hydrogens (tertiary/aromatic N) is 4.